The van der Waals surface area contributed by atoms with Crippen LogP contribution in [0.3, 0.4) is 0 Å². The monoisotopic (exact) mass is 403 g/mol. The fraction of sp³-hybridized carbons (Fsp3) is 0.333. The minimum Gasteiger partial charge on any atom is -0.368 e. The molecule has 3 rings (SSSR count). The highest BCUT2D eigenvalue weighted by Gasteiger charge is 2.30. The van der Waals surface area contributed by atoms with Gasteiger partial charge in [-0.15, -0.1) is 0 Å². The highest BCUT2D eigenvalue weighted by Crippen LogP contribution is 2.29. The van der Waals surface area contributed by atoms with E-state index >= 15 is 0 Å². The third kappa shape index (κ3) is 5.80. The maximum Gasteiger partial charge on any atom is 0.416 e. The number of para-hydroxylation sites is 1. The molecule has 154 valence electrons. The maximum atomic E-state index is 12.9. The fourth-order valence-corrected chi connectivity index (χ4v) is 2.91. The van der Waals surface area contributed by atoms with Gasteiger partial charge in [-0.25, -0.2) is 4.98 Å². The summed E-state index contributed by atoms with van der Waals surface area (Å²) in [6.45, 7) is 2.02. The molecule has 0 amide bonds. The second-order valence-electron chi connectivity index (χ2n) is 7.02. The fourth-order valence-electron chi connectivity index (χ4n) is 2.91. The molecular weight excluding hydrogens is 379 g/mol. The van der Waals surface area contributed by atoms with Crippen molar-refractivity contribution in [2.45, 2.75) is 12.6 Å². The lowest BCUT2D eigenvalue weighted by molar-refractivity contribution is -0.137. The lowest BCUT2D eigenvalue weighted by Crippen LogP contribution is -2.21. The number of aromatic nitrogens is 2. The Hall–Kier alpha value is -2.87. The van der Waals surface area contributed by atoms with Gasteiger partial charge in [0.1, 0.15) is 5.82 Å². The Morgan fingerprint density at radius 2 is 1.72 bits per heavy atom. The summed E-state index contributed by atoms with van der Waals surface area (Å²) >= 11 is 0. The number of halogens is 3. The minimum absolute atomic E-state index is 0.427. The lowest BCUT2D eigenvalue weighted by Gasteiger charge is -2.14. The van der Waals surface area contributed by atoms with Crippen LogP contribution in [0.1, 0.15) is 11.1 Å². The first-order valence-electron chi connectivity index (χ1n) is 9.38. The molecule has 3 aromatic rings. The first-order valence-corrected chi connectivity index (χ1v) is 9.38. The summed E-state index contributed by atoms with van der Waals surface area (Å²) in [4.78, 5) is 11.1. The predicted octanol–water partition coefficient (Wildman–Crippen LogP) is 4.28. The van der Waals surface area contributed by atoms with Gasteiger partial charge in [0.25, 0.3) is 0 Å². The summed E-state index contributed by atoms with van der Waals surface area (Å²) < 4.78 is 38.6. The maximum absolute atomic E-state index is 12.9. The van der Waals surface area contributed by atoms with Crippen LogP contribution < -0.4 is 10.6 Å². The highest BCUT2D eigenvalue weighted by atomic mass is 19.4. The normalized spacial score (nSPS) is 11.8. The van der Waals surface area contributed by atoms with E-state index in [9.17, 15) is 13.2 Å². The molecule has 0 aliphatic heterocycles. The zero-order valence-corrected chi connectivity index (χ0v) is 16.4. The van der Waals surface area contributed by atoms with E-state index in [4.69, 9.17) is 0 Å². The lowest BCUT2D eigenvalue weighted by atomic mass is 10.1. The Bertz CT molecular complexity index is 956. The molecule has 2 aromatic carbocycles. The third-order valence-electron chi connectivity index (χ3n) is 4.41. The van der Waals surface area contributed by atoms with Gasteiger partial charge in [-0.05, 0) is 44.3 Å². The number of hydrogen-bond donors (Lipinski definition) is 2. The van der Waals surface area contributed by atoms with Crippen molar-refractivity contribution in [3.05, 3.63) is 59.7 Å². The number of fused-ring (bicyclic) bond motifs is 1. The number of benzene rings is 2. The van der Waals surface area contributed by atoms with Crippen LogP contribution in [0.5, 0.6) is 0 Å². The zero-order chi connectivity index (χ0) is 20.9. The summed E-state index contributed by atoms with van der Waals surface area (Å²) in [5, 5.41) is 7.39. The van der Waals surface area contributed by atoms with E-state index in [0.717, 1.165) is 35.9 Å². The average Bonchev–Trinajstić information content (AvgIpc) is 2.67. The first kappa shape index (κ1) is 20.9. The van der Waals surface area contributed by atoms with Crippen molar-refractivity contribution in [3.8, 4) is 0 Å². The van der Waals surface area contributed by atoms with Gasteiger partial charge in [-0.2, -0.15) is 18.2 Å². The Morgan fingerprint density at radius 1 is 0.931 bits per heavy atom. The smallest absolute Gasteiger partial charge is 0.368 e. The predicted molar refractivity (Wildman–Crippen MR) is 110 cm³/mol. The van der Waals surface area contributed by atoms with Crippen molar-refractivity contribution in [3.63, 3.8) is 0 Å². The van der Waals surface area contributed by atoms with E-state index in [1.54, 1.807) is 6.07 Å². The summed E-state index contributed by atoms with van der Waals surface area (Å²) in [6, 6.07) is 13.1. The van der Waals surface area contributed by atoms with Gasteiger partial charge >= 0.3 is 6.18 Å². The molecule has 0 unspecified atom stereocenters. The standard InChI is InChI=1S/C21H24F3N5/c1-29(2)13-12-25-19-17-8-3-4-9-18(17)27-20(28-19)26-11-10-15-6-5-7-16(14-15)21(22,23)24/h3-9,14H,10-13H2,1-2H3,(H2,25,26,27,28). The van der Waals surface area contributed by atoms with Gasteiger partial charge in [0.2, 0.25) is 5.95 Å². The van der Waals surface area contributed by atoms with Gasteiger partial charge in [-0.1, -0.05) is 30.3 Å². The minimum atomic E-state index is -4.34. The Balaban J connectivity index is 1.70. The number of anilines is 2. The topological polar surface area (TPSA) is 53.1 Å². The first-order chi connectivity index (χ1) is 13.8. The SMILES string of the molecule is CN(C)CCNc1nc(NCCc2cccc(C(F)(F)F)c2)nc2ccccc12. The van der Waals surface area contributed by atoms with E-state index < -0.39 is 11.7 Å². The van der Waals surface area contributed by atoms with Crippen LogP contribution in [0.4, 0.5) is 24.9 Å². The van der Waals surface area contributed by atoms with E-state index in [1.807, 2.05) is 38.4 Å². The Kier molecular flexibility index (Phi) is 6.53. The summed E-state index contributed by atoms with van der Waals surface area (Å²) in [7, 11) is 4.00. The van der Waals surface area contributed by atoms with Crippen LogP contribution in [0, 0.1) is 0 Å². The number of likely N-dealkylation sites (N-methyl/N-ethyl adjacent to an activating group) is 1. The van der Waals surface area contributed by atoms with Crippen molar-refractivity contribution in [2.24, 2.45) is 0 Å². The van der Waals surface area contributed by atoms with Gasteiger partial charge in [0, 0.05) is 25.0 Å². The third-order valence-corrected chi connectivity index (χ3v) is 4.41. The van der Waals surface area contributed by atoms with Crippen LogP contribution in [-0.4, -0.2) is 48.6 Å². The van der Waals surface area contributed by atoms with Crippen molar-refractivity contribution in [1.82, 2.24) is 14.9 Å². The largest absolute Gasteiger partial charge is 0.416 e. The van der Waals surface area contributed by atoms with E-state index in [-0.39, 0.29) is 0 Å². The number of alkyl halides is 3. The molecule has 1 aromatic heterocycles. The molecule has 2 N–H and O–H groups in total. The van der Waals surface area contributed by atoms with E-state index in [1.165, 1.54) is 12.1 Å². The second kappa shape index (κ2) is 9.09. The molecule has 5 nitrogen and oxygen atoms in total. The average molecular weight is 403 g/mol. The molecule has 0 fully saturated rings. The molecular formula is C21H24F3N5. The highest BCUT2D eigenvalue weighted by molar-refractivity contribution is 5.90. The number of hydrogen-bond acceptors (Lipinski definition) is 5. The van der Waals surface area contributed by atoms with Crippen LogP contribution in [0.2, 0.25) is 0 Å². The van der Waals surface area contributed by atoms with Crippen molar-refractivity contribution < 1.29 is 13.2 Å². The number of nitrogens with one attached hydrogen (secondary N) is 2. The van der Waals surface area contributed by atoms with Crippen molar-refractivity contribution in [2.75, 3.05) is 44.4 Å². The molecule has 0 saturated carbocycles. The molecule has 0 saturated heterocycles. The summed E-state index contributed by atoms with van der Waals surface area (Å²) in [6.07, 6.45) is -3.90. The molecule has 0 radical (unpaired) electrons. The van der Waals surface area contributed by atoms with Gasteiger partial charge < -0.3 is 15.5 Å². The van der Waals surface area contributed by atoms with Gasteiger partial charge in [-0.3, -0.25) is 0 Å². The molecule has 0 bridgehead atoms. The Labute approximate surface area is 168 Å². The molecule has 0 spiro atoms. The quantitative estimate of drug-likeness (QED) is 0.588. The molecule has 1 heterocycles. The van der Waals surface area contributed by atoms with Crippen molar-refractivity contribution >= 4 is 22.7 Å². The molecule has 0 aliphatic rings. The van der Waals surface area contributed by atoms with Crippen LogP contribution in [-0.2, 0) is 12.6 Å². The number of rotatable bonds is 8. The van der Waals surface area contributed by atoms with E-state index in [0.29, 0.717) is 24.5 Å². The van der Waals surface area contributed by atoms with Crippen LogP contribution in [0.25, 0.3) is 10.9 Å². The van der Waals surface area contributed by atoms with Crippen molar-refractivity contribution in [1.29, 1.82) is 0 Å². The molecule has 0 aliphatic carbocycles. The molecule has 8 heteroatoms. The van der Waals surface area contributed by atoms with Crippen LogP contribution in [0.15, 0.2) is 48.5 Å². The number of nitrogens with zero attached hydrogens (tertiary/aromatic N) is 3. The molecule has 0 atom stereocenters. The second-order valence-corrected chi connectivity index (χ2v) is 7.02. The zero-order valence-electron chi connectivity index (χ0n) is 16.4. The van der Waals surface area contributed by atoms with Crippen LogP contribution >= 0.6 is 0 Å². The van der Waals surface area contributed by atoms with E-state index in [2.05, 4.69) is 25.5 Å². The Morgan fingerprint density at radius 3 is 2.48 bits per heavy atom. The van der Waals surface area contributed by atoms with Gasteiger partial charge in [0.15, 0.2) is 0 Å². The van der Waals surface area contributed by atoms with Gasteiger partial charge in [0.05, 0.1) is 11.1 Å². The molecule has 29 heavy (non-hydrogen) atoms. The summed E-state index contributed by atoms with van der Waals surface area (Å²) in [5.74, 6) is 1.18. The summed E-state index contributed by atoms with van der Waals surface area (Å²) in [5.41, 5.74) is 0.776.